The van der Waals surface area contributed by atoms with Crippen LogP contribution in [0.4, 0.5) is 4.39 Å². The molecule has 3 atom stereocenters. The van der Waals surface area contributed by atoms with Gasteiger partial charge in [-0.1, -0.05) is 33.6 Å². The van der Waals surface area contributed by atoms with Crippen LogP contribution in [0.5, 0.6) is 5.88 Å². The Balaban J connectivity index is 1.32. The molecule has 1 aromatic carbocycles. The maximum Gasteiger partial charge on any atom is 0.381 e. The number of halogens is 3. The van der Waals surface area contributed by atoms with E-state index in [2.05, 4.69) is 39.0 Å². The summed E-state index contributed by atoms with van der Waals surface area (Å²) in [4.78, 5) is 2.19. The molecule has 0 amide bonds. The average molecular weight is 538 g/mol. The van der Waals surface area contributed by atoms with Gasteiger partial charge in [-0.15, -0.1) is 4.73 Å². The third-order valence-electron chi connectivity index (χ3n) is 8.12. The molecule has 5 nitrogen and oxygen atoms in total. The van der Waals surface area contributed by atoms with Gasteiger partial charge in [-0.2, -0.15) is 0 Å². The third-order valence-corrected chi connectivity index (χ3v) is 8.95. The van der Waals surface area contributed by atoms with E-state index in [4.69, 9.17) is 21.1 Å². The molecular weight excluding hydrogens is 511 g/mol. The first-order valence-electron chi connectivity index (χ1n) is 11.8. The Morgan fingerprint density at radius 2 is 2.18 bits per heavy atom. The summed E-state index contributed by atoms with van der Waals surface area (Å²) >= 11 is 10.2. The molecule has 33 heavy (non-hydrogen) atoms. The van der Waals surface area contributed by atoms with Crippen molar-refractivity contribution in [2.75, 3.05) is 19.7 Å². The van der Waals surface area contributed by atoms with Crippen molar-refractivity contribution in [1.29, 1.82) is 0 Å². The van der Waals surface area contributed by atoms with E-state index < -0.39 is 11.8 Å². The van der Waals surface area contributed by atoms with Gasteiger partial charge in [0.25, 0.3) is 0 Å². The number of benzene rings is 1. The van der Waals surface area contributed by atoms with Crippen molar-refractivity contribution in [2.45, 2.75) is 68.9 Å². The molecule has 0 bridgehead atoms. The average Bonchev–Trinajstić information content (AvgIpc) is 3.31. The zero-order chi connectivity index (χ0) is 22.8. The predicted molar refractivity (Wildman–Crippen MR) is 126 cm³/mol. The van der Waals surface area contributed by atoms with E-state index >= 15 is 0 Å². The summed E-state index contributed by atoms with van der Waals surface area (Å²) in [7, 11) is 0. The van der Waals surface area contributed by atoms with Gasteiger partial charge in [-0.05, 0) is 61.9 Å². The molecule has 4 aliphatic rings. The maximum atomic E-state index is 14.1. The van der Waals surface area contributed by atoms with E-state index in [1.54, 1.807) is 6.07 Å². The van der Waals surface area contributed by atoms with E-state index in [-0.39, 0.29) is 11.4 Å². The summed E-state index contributed by atoms with van der Waals surface area (Å²) in [6.45, 7) is 1.95. The second-order valence-electron chi connectivity index (χ2n) is 10.0. The number of hydrogen-bond acceptors (Lipinski definition) is 4. The van der Waals surface area contributed by atoms with Gasteiger partial charge in [-0.25, -0.2) is 4.39 Å². The number of alkyl halides is 1. The maximum absolute atomic E-state index is 14.1. The summed E-state index contributed by atoms with van der Waals surface area (Å²) in [6.07, 6.45) is 4.90. The quantitative estimate of drug-likeness (QED) is 0.409. The first kappa shape index (κ1) is 22.1. The second-order valence-corrected chi connectivity index (χ2v) is 11.4. The van der Waals surface area contributed by atoms with E-state index in [0.29, 0.717) is 43.3 Å². The fraction of sp³-hybridized carbons (Fsp3) is 0.560. The molecule has 2 fully saturated rings. The number of nitrogens with zero attached hydrogens (tertiary/aromatic N) is 2. The molecule has 0 N–H and O–H groups in total. The standard InChI is InChI=1S/C25H27BrClFN2O3/c26-17-5-4-16-3-1-7-25(20(16)9-17)12-22-19(14-33-25)21(27)10-23(30(22)31)32-15-24-6-2-8-29(24)13-18(28)11-24/h4-5,9-10,18H,1-3,6-8,11-15H2/t18-,24+,25+/m1/s1. The van der Waals surface area contributed by atoms with Crippen molar-refractivity contribution >= 4 is 27.5 Å². The van der Waals surface area contributed by atoms with Gasteiger partial charge >= 0.3 is 5.88 Å². The molecule has 6 rings (SSSR count). The number of pyridine rings is 1. The fourth-order valence-electron chi connectivity index (χ4n) is 6.49. The normalized spacial score (nSPS) is 30.8. The number of aromatic nitrogens is 1. The van der Waals surface area contributed by atoms with Gasteiger partial charge in [0.2, 0.25) is 5.69 Å². The lowest BCUT2D eigenvalue weighted by atomic mass is 9.75. The monoisotopic (exact) mass is 536 g/mol. The number of fused-ring (bicyclic) bond motifs is 4. The summed E-state index contributed by atoms with van der Waals surface area (Å²) in [6, 6.07) is 7.92. The topological polar surface area (TPSA) is 48.6 Å². The molecule has 1 aliphatic carbocycles. The molecule has 1 spiro atoms. The summed E-state index contributed by atoms with van der Waals surface area (Å²) in [5.41, 5.74) is 2.92. The van der Waals surface area contributed by atoms with Crippen LogP contribution in [0.3, 0.4) is 0 Å². The van der Waals surface area contributed by atoms with Crippen LogP contribution in [-0.2, 0) is 29.8 Å². The van der Waals surface area contributed by atoms with E-state index in [1.165, 1.54) is 5.56 Å². The lowest BCUT2D eigenvalue weighted by molar-refractivity contribution is -0.624. The molecule has 2 aromatic rings. The van der Waals surface area contributed by atoms with Crippen LogP contribution in [0.25, 0.3) is 0 Å². The predicted octanol–water partition coefficient (Wildman–Crippen LogP) is 5.00. The Kier molecular flexibility index (Phi) is 5.40. The Morgan fingerprint density at radius 1 is 1.30 bits per heavy atom. The van der Waals surface area contributed by atoms with Crippen LogP contribution in [0.1, 0.15) is 54.5 Å². The van der Waals surface area contributed by atoms with Gasteiger partial charge in [0.15, 0.2) is 0 Å². The van der Waals surface area contributed by atoms with Crippen molar-refractivity contribution < 1.29 is 18.6 Å². The van der Waals surface area contributed by atoms with E-state index in [1.807, 2.05) is 0 Å². The number of rotatable bonds is 3. The van der Waals surface area contributed by atoms with Crippen molar-refractivity contribution in [1.82, 2.24) is 4.90 Å². The van der Waals surface area contributed by atoms with Gasteiger partial charge in [0.1, 0.15) is 18.4 Å². The molecule has 4 heterocycles. The minimum absolute atomic E-state index is 0.199. The van der Waals surface area contributed by atoms with Crippen LogP contribution in [0, 0.1) is 5.21 Å². The summed E-state index contributed by atoms with van der Waals surface area (Å²) in [5, 5.41) is 14.0. The number of ether oxygens (including phenoxy) is 2. The molecule has 8 heteroatoms. The zero-order valence-corrected chi connectivity index (χ0v) is 20.8. The molecule has 2 saturated heterocycles. The van der Waals surface area contributed by atoms with Crippen molar-refractivity contribution in [3.8, 4) is 5.88 Å². The molecule has 0 radical (unpaired) electrons. The number of hydrogen-bond donors (Lipinski definition) is 0. The van der Waals surface area contributed by atoms with E-state index in [9.17, 15) is 9.60 Å². The molecular formula is C25H27BrClFN2O3. The molecule has 0 saturated carbocycles. The molecule has 3 aliphatic heterocycles. The SMILES string of the molecule is [O-][n+]1c(OC[C@@]23CCCN2C[C@H](F)C3)cc(Cl)c2c1C[C@]1(CCCc3ccc(Br)cc31)OC2. The van der Waals surface area contributed by atoms with Crippen LogP contribution < -0.4 is 9.47 Å². The Labute approximate surface area is 206 Å². The summed E-state index contributed by atoms with van der Waals surface area (Å²) in [5.74, 6) is 0.199. The Hall–Kier alpha value is -1.41. The lowest BCUT2D eigenvalue weighted by Gasteiger charge is -2.41. The largest absolute Gasteiger partial charge is 0.616 e. The fourth-order valence-corrected chi connectivity index (χ4v) is 7.11. The summed E-state index contributed by atoms with van der Waals surface area (Å²) < 4.78 is 28.6. The highest BCUT2D eigenvalue weighted by molar-refractivity contribution is 9.10. The van der Waals surface area contributed by atoms with Crippen LogP contribution in [-0.4, -0.2) is 36.3 Å². The van der Waals surface area contributed by atoms with Crippen molar-refractivity contribution in [2.24, 2.45) is 0 Å². The molecule has 1 aromatic heterocycles. The highest BCUT2D eigenvalue weighted by Gasteiger charge is 2.50. The smallest absolute Gasteiger partial charge is 0.381 e. The van der Waals surface area contributed by atoms with E-state index in [0.717, 1.165) is 59.0 Å². The lowest BCUT2D eigenvalue weighted by Crippen LogP contribution is -2.48. The second kappa shape index (κ2) is 8.08. The minimum Gasteiger partial charge on any atom is -0.616 e. The Morgan fingerprint density at radius 3 is 3.06 bits per heavy atom. The van der Waals surface area contributed by atoms with Gasteiger partial charge < -0.3 is 14.7 Å². The van der Waals surface area contributed by atoms with Crippen LogP contribution in [0.15, 0.2) is 28.7 Å². The van der Waals surface area contributed by atoms with Gasteiger partial charge in [0, 0.05) is 17.4 Å². The highest BCUT2D eigenvalue weighted by atomic mass is 79.9. The highest BCUT2D eigenvalue weighted by Crippen LogP contribution is 2.46. The number of aryl methyl sites for hydroxylation is 1. The van der Waals surface area contributed by atoms with Gasteiger partial charge in [-0.3, -0.25) is 4.90 Å². The minimum atomic E-state index is -0.830. The van der Waals surface area contributed by atoms with Gasteiger partial charge in [0.05, 0.1) is 35.2 Å². The van der Waals surface area contributed by atoms with Crippen molar-refractivity contribution in [3.05, 3.63) is 61.4 Å². The molecule has 0 unspecified atom stereocenters. The molecule has 176 valence electrons. The third kappa shape index (κ3) is 3.58. The van der Waals surface area contributed by atoms with Crippen LogP contribution in [0.2, 0.25) is 5.02 Å². The first-order chi connectivity index (χ1) is 15.9. The zero-order valence-electron chi connectivity index (χ0n) is 18.4. The Bertz CT molecular complexity index is 1120. The van der Waals surface area contributed by atoms with Crippen molar-refractivity contribution in [3.63, 3.8) is 0 Å². The first-order valence-corrected chi connectivity index (χ1v) is 12.9. The van der Waals surface area contributed by atoms with Crippen LogP contribution >= 0.6 is 27.5 Å².